The molecule has 0 heterocycles. The Kier molecular flexibility index (Phi) is 11.0. The van der Waals surface area contributed by atoms with Crippen LogP contribution in [-0.2, 0) is 19.4 Å². The van der Waals surface area contributed by atoms with Crippen LogP contribution in [0.15, 0.2) is 60.7 Å². The standard InChI is InChI=1S/C35H43F2N3O3/c1-4-24-9-8-10-25(15-24)21-40(22-33(41)32(38)18-26-16-29(36)20-30(37)17-26)35(43)28-14-23(2)13-27(19-28)34(42)39(3)31-11-6-5-7-12-31/h8-10,13-17,19-20,31-33,41H,4-7,11-12,18,21-22,38H2,1-3H3/t32-,33+/m0/s1. The van der Waals surface area contributed by atoms with Gasteiger partial charge in [-0.2, -0.15) is 0 Å². The lowest BCUT2D eigenvalue weighted by Crippen LogP contribution is -2.46. The molecule has 230 valence electrons. The van der Waals surface area contributed by atoms with Crippen LogP contribution in [0, 0.1) is 18.6 Å². The highest BCUT2D eigenvalue weighted by Crippen LogP contribution is 2.24. The minimum Gasteiger partial charge on any atom is -0.390 e. The smallest absolute Gasteiger partial charge is 0.254 e. The number of aryl methyl sites for hydroxylation is 2. The number of aliphatic hydroxyl groups excluding tert-OH is 1. The topological polar surface area (TPSA) is 86.9 Å². The number of benzene rings is 3. The molecule has 1 aliphatic rings. The van der Waals surface area contributed by atoms with Crippen LogP contribution in [-0.4, -0.2) is 58.5 Å². The highest BCUT2D eigenvalue weighted by Gasteiger charge is 2.27. The molecule has 1 fully saturated rings. The average Bonchev–Trinajstić information content (AvgIpc) is 2.99. The van der Waals surface area contributed by atoms with Crippen molar-refractivity contribution in [2.75, 3.05) is 13.6 Å². The maximum Gasteiger partial charge on any atom is 0.254 e. The number of aliphatic hydroxyl groups is 1. The minimum absolute atomic E-state index is 0.0276. The molecule has 2 atom stereocenters. The lowest BCUT2D eigenvalue weighted by atomic mass is 9.94. The van der Waals surface area contributed by atoms with Crippen LogP contribution >= 0.6 is 0 Å². The van der Waals surface area contributed by atoms with E-state index in [2.05, 4.69) is 6.92 Å². The van der Waals surface area contributed by atoms with Crippen molar-refractivity contribution in [3.8, 4) is 0 Å². The monoisotopic (exact) mass is 591 g/mol. The van der Waals surface area contributed by atoms with Gasteiger partial charge in [0.05, 0.1) is 6.10 Å². The minimum atomic E-state index is -1.17. The predicted octanol–water partition coefficient (Wildman–Crippen LogP) is 5.81. The lowest BCUT2D eigenvalue weighted by molar-refractivity contribution is 0.0554. The summed E-state index contributed by atoms with van der Waals surface area (Å²) in [6.45, 7) is 4.01. The van der Waals surface area contributed by atoms with Crippen LogP contribution in [0.1, 0.15) is 82.0 Å². The summed E-state index contributed by atoms with van der Waals surface area (Å²) >= 11 is 0. The lowest BCUT2D eigenvalue weighted by Gasteiger charge is -2.31. The highest BCUT2D eigenvalue weighted by atomic mass is 19.1. The Hall–Kier alpha value is -3.62. The van der Waals surface area contributed by atoms with Gasteiger partial charge in [-0.1, -0.05) is 50.5 Å². The predicted molar refractivity (Wildman–Crippen MR) is 165 cm³/mol. The second-order valence-electron chi connectivity index (χ2n) is 11.9. The summed E-state index contributed by atoms with van der Waals surface area (Å²) in [5.41, 5.74) is 10.2. The fraction of sp³-hybridized carbons (Fsp3) is 0.429. The third kappa shape index (κ3) is 8.71. The molecule has 0 bridgehead atoms. The number of nitrogens with zero attached hydrogens (tertiary/aromatic N) is 2. The molecular formula is C35H43F2N3O3. The molecule has 1 saturated carbocycles. The largest absolute Gasteiger partial charge is 0.390 e. The molecule has 3 aromatic carbocycles. The number of halogens is 2. The molecule has 3 aromatic rings. The van der Waals surface area contributed by atoms with Crippen molar-refractivity contribution in [2.24, 2.45) is 5.73 Å². The molecule has 4 rings (SSSR count). The van der Waals surface area contributed by atoms with E-state index in [0.29, 0.717) is 16.7 Å². The maximum atomic E-state index is 14.1. The molecule has 0 aliphatic heterocycles. The van der Waals surface area contributed by atoms with Crippen LogP contribution in [0.2, 0.25) is 0 Å². The third-order valence-corrected chi connectivity index (χ3v) is 8.37. The molecular weight excluding hydrogens is 548 g/mol. The van der Waals surface area contributed by atoms with E-state index in [4.69, 9.17) is 5.73 Å². The highest BCUT2D eigenvalue weighted by molar-refractivity contribution is 6.00. The zero-order valence-corrected chi connectivity index (χ0v) is 25.4. The Morgan fingerprint density at radius 1 is 0.907 bits per heavy atom. The second-order valence-corrected chi connectivity index (χ2v) is 11.9. The number of carbonyl (C=O) groups is 2. The number of amides is 2. The molecule has 6 nitrogen and oxygen atoms in total. The zero-order valence-electron chi connectivity index (χ0n) is 25.4. The first-order chi connectivity index (χ1) is 20.5. The Morgan fingerprint density at radius 3 is 2.19 bits per heavy atom. The van der Waals surface area contributed by atoms with Crippen LogP contribution in [0.3, 0.4) is 0 Å². The number of nitrogens with two attached hydrogens (primary N) is 1. The van der Waals surface area contributed by atoms with Crippen LogP contribution in [0.5, 0.6) is 0 Å². The van der Waals surface area contributed by atoms with E-state index >= 15 is 0 Å². The number of hydrogen-bond donors (Lipinski definition) is 2. The Balaban J connectivity index is 1.59. The van der Waals surface area contributed by atoms with Gasteiger partial charge in [-0.3, -0.25) is 9.59 Å². The average molecular weight is 592 g/mol. The maximum absolute atomic E-state index is 14.1. The first-order valence-electron chi connectivity index (χ1n) is 15.2. The molecule has 0 unspecified atom stereocenters. The fourth-order valence-electron chi connectivity index (χ4n) is 5.94. The summed E-state index contributed by atoms with van der Waals surface area (Å²) < 4.78 is 27.5. The molecule has 0 saturated heterocycles. The number of rotatable bonds is 11. The van der Waals surface area contributed by atoms with E-state index in [0.717, 1.165) is 54.9 Å². The van der Waals surface area contributed by atoms with E-state index < -0.39 is 23.8 Å². The van der Waals surface area contributed by atoms with E-state index in [-0.39, 0.29) is 37.4 Å². The van der Waals surface area contributed by atoms with Gasteiger partial charge in [0.2, 0.25) is 0 Å². The van der Waals surface area contributed by atoms with Crippen LogP contribution in [0.4, 0.5) is 8.78 Å². The van der Waals surface area contributed by atoms with Crippen molar-refractivity contribution in [1.29, 1.82) is 0 Å². The summed E-state index contributed by atoms with van der Waals surface area (Å²) in [7, 11) is 1.83. The van der Waals surface area contributed by atoms with Gasteiger partial charge in [0.15, 0.2) is 0 Å². The van der Waals surface area contributed by atoms with Crippen molar-refractivity contribution in [3.05, 3.63) is 106 Å². The van der Waals surface area contributed by atoms with Gasteiger partial charge in [-0.15, -0.1) is 0 Å². The van der Waals surface area contributed by atoms with Crippen molar-refractivity contribution in [2.45, 2.75) is 83.5 Å². The number of hydrogen-bond acceptors (Lipinski definition) is 4. The summed E-state index contributed by atoms with van der Waals surface area (Å²) in [6, 6.07) is 15.5. The molecule has 8 heteroatoms. The summed E-state index contributed by atoms with van der Waals surface area (Å²) in [5.74, 6) is -1.90. The molecule has 3 N–H and O–H groups in total. The fourth-order valence-corrected chi connectivity index (χ4v) is 5.94. The SMILES string of the molecule is CCc1cccc(CN(C[C@@H](O)[C@@H](N)Cc2cc(F)cc(F)c2)C(=O)c2cc(C)cc(C(=O)N(C)C3CCCCC3)c2)c1. The number of carbonyl (C=O) groups excluding carboxylic acids is 2. The molecule has 2 amide bonds. The van der Waals surface area contributed by atoms with Gasteiger partial charge in [-0.25, -0.2) is 8.78 Å². The molecule has 43 heavy (non-hydrogen) atoms. The van der Waals surface area contributed by atoms with Gasteiger partial charge >= 0.3 is 0 Å². The van der Waals surface area contributed by atoms with E-state index in [9.17, 15) is 23.5 Å². The van der Waals surface area contributed by atoms with Crippen molar-refractivity contribution in [3.63, 3.8) is 0 Å². The van der Waals surface area contributed by atoms with Crippen LogP contribution in [0.25, 0.3) is 0 Å². The molecule has 0 radical (unpaired) electrons. The second kappa shape index (κ2) is 14.7. The first-order valence-corrected chi connectivity index (χ1v) is 15.2. The molecule has 1 aliphatic carbocycles. The van der Waals surface area contributed by atoms with Crippen molar-refractivity contribution < 1.29 is 23.5 Å². The zero-order chi connectivity index (χ0) is 31.1. The van der Waals surface area contributed by atoms with Crippen LogP contribution < -0.4 is 5.73 Å². The summed E-state index contributed by atoms with van der Waals surface area (Å²) in [5, 5.41) is 11.1. The Labute approximate surface area is 253 Å². The van der Waals surface area contributed by atoms with Gasteiger partial charge < -0.3 is 20.6 Å². The van der Waals surface area contributed by atoms with Gasteiger partial charge in [0.1, 0.15) is 11.6 Å². The van der Waals surface area contributed by atoms with E-state index in [1.165, 1.54) is 23.5 Å². The summed E-state index contributed by atoms with van der Waals surface area (Å²) in [6.07, 6.45) is 5.03. The summed E-state index contributed by atoms with van der Waals surface area (Å²) in [4.78, 5) is 30.9. The normalized spacial score (nSPS) is 15.1. The van der Waals surface area contributed by atoms with Gasteiger partial charge in [-0.05, 0) is 85.2 Å². The van der Waals surface area contributed by atoms with E-state index in [1.54, 1.807) is 23.1 Å². The third-order valence-electron chi connectivity index (χ3n) is 8.37. The quantitative estimate of drug-likeness (QED) is 0.295. The van der Waals surface area contributed by atoms with Gasteiger partial charge in [0.25, 0.3) is 11.8 Å². The van der Waals surface area contributed by atoms with Crippen molar-refractivity contribution in [1.82, 2.24) is 9.80 Å². The van der Waals surface area contributed by atoms with Crippen molar-refractivity contribution >= 4 is 11.8 Å². The Bertz CT molecular complexity index is 1400. The molecule has 0 aromatic heterocycles. The first kappa shape index (κ1) is 32.3. The molecule has 0 spiro atoms. The van der Waals surface area contributed by atoms with E-state index in [1.807, 2.05) is 38.2 Å². The van der Waals surface area contributed by atoms with Gasteiger partial charge in [0, 0.05) is 49.4 Å². The Morgan fingerprint density at radius 2 is 1.53 bits per heavy atom.